The first kappa shape index (κ1) is 11.9. The van der Waals surface area contributed by atoms with Crippen LogP contribution in [0.4, 0.5) is 11.4 Å². The van der Waals surface area contributed by atoms with Crippen LogP contribution < -0.4 is 10.6 Å². The largest absolute Gasteiger partial charge is 0.398 e. The van der Waals surface area contributed by atoms with Crippen LogP contribution in [0, 0.1) is 6.92 Å². The number of nitrogens with zero attached hydrogens (tertiary/aromatic N) is 1. The molecule has 0 atom stereocenters. The quantitative estimate of drug-likeness (QED) is 0.806. The molecule has 0 aromatic heterocycles. The zero-order chi connectivity index (χ0) is 12.4. The second-order valence-electron chi connectivity index (χ2n) is 4.27. The van der Waals surface area contributed by atoms with E-state index in [1.54, 1.807) is 4.90 Å². The Morgan fingerprint density at radius 2 is 2.29 bits per heavy atom. The van der Waals surface area contributed by atoms with Gasteiger partial charge in [0.2, 0.25) is 0 Å². The summed E-state index contributed by atoms with van der Waals surface area (Å²) in [5.74, 6) is 0.00820. The SMILES string of the molecule is CCOCC(=O)N1CCc2cc(C)c(N)cc21. The number of rotatable bonds is 3. The van der Waals surface area contributed by atoms with Gasteiger partial charge in [0.15, 0.2) is 0 Å². The van der Waals surface area contributed by atoms with Crippen LogP contribution >= 0.6 is 0 Å². The van der Waals surface area contributed by atoms with Crippen LogP contribution in [0.3, 0.4) is 0 Å². The van der Waals surface area contributed by atoms with Crippen molar-refractivity contribution in [3.8, 4) is 0 Å². The van der Waals surface area contributed by atoms with E-state index in [4.69, 9.17) is 10.5 Å². The number of aryl methyl sites for hydroxylation is 1. The molecule has 4 heteroatoms. The third kappa shape index (κ3) is 2.26. The van der Waals surface area contributed by atoms with Crippen molar-refractivity contribution >= 4 is 17.3 Å². The highest BCUT2D eigenvalue weighted by molar-refractivity contribution is 5.97. The minimum atomic E-state index is 0.00820. The summed E-state index contributed by atoms with van der Waals surface area (Å²) in [6.45, 7) is 5.29. The maximum atomic E-state index is 11.9. The number of nitrogen functional groups attached to an aromatic ring is 1. The molecule has 0 aliphatic carbocycles. The Morgan fingerprint density at radius 1 is 1.53 bits per heavy atom. The van der Waals surface area contributed by atoms with E-state index < -0.39 is 0 Å². The summed E-state index contributed by atoms with van der Waals surface area (Å²) in [5.41, 5.74) is 9.83. The number of amides is 1. The Morgan fingerprint density at radius 3 is 3.00 bits per heavy atom. The maximum absolute atomic E-state index is 11.9. The molecule has 0 saturated carbocycles. The van der Waals surface area contributed by atoms with E-state index in [1.807, 2.05) is 19.9 Å². The third-order valence-electron chi connectivity index (χ3n) is 3.09. The molecule has 0 unspecified atom stereocenters. The van der Waals surface area contributed by atoms with Gasteiger partial charge in [-0.2, -0.15) is 0 Å². The molecule has 0 spiro atoms. The summed E-state index contributed by atoms with van der Waals surface area (Å²) in [6.07, 6.45) is 0.897. The van der Waals surface area contributed by atoms with Gasteiger partial charge in [0.25, 0.3) is 5.91 Å². The van der Waals surface area contributed by atoms with Crippen LogP contribution in [0.1, 0.15) is 18.1 Å². The van der Waals surface area contributed by atoms with E-state index in [2.05, 4.69) is 6.07 Å². The highest BCUT2D eigenvalue weighted by atomic mass is 16.5. The molecule has 1 aromatic carbocycles. The number of benzene rings is 1. The number of nitrogens with two attached hydrogens (primary N) is 1. The van der Waals surface area contributed by atoms with Crippen LogP contribution in [0.2, 0.25) is 0 Å². The van der Waals surface area contributed by atoms with Crippen molar-refractivity contribution in [3.63, 3.8) is 0 Å². The molecule has 92 valence electrons. The zero-order valence-electron chi connectivity index (χ0n) is 10.3. The Hall–Kier alpha value is -1.55. The Balaban J connectivity index is 2.21. The highest BCUT2D eigenvalue weighted by Gasteiger charge is 2.25. The number of fused-ring (bicyclic) bond motifs is 1. The normalized spacial score (nSPS) is 13.9. The average molecular weight is 234 g/mol. The van der Waals surface area contributed by atoms with Gasteiger partial charge < -0.3 is 15.4 Å². The molecule has 1 aromatic rings. The summed E-state index contributed by atoms with van der Waals surface area (Å²) in [6, 6.07) is 3.96. The lowest BCUT2D eigenvalue weighted by Gasteiger charge is -2.18. The van der Waals surface area contributed by atoms with Gasteiger partial charge >= 0.3 is 0 Å². The zero-order valence-corrected chi connectivity index (χ0v) is 10.3. The number of hydrogen-bond acceptors (Lipinski definition) is 3. The standard InChI is InChI=1S/C13H18N2O2/c1-3-17-8-13(16)15-5-4-10-6-9(2)11(14)7-12(10)15/h6-7H,3-5,8,14H2,1-2H3. The molecule has 0 radical (unpaired) electrons. The molecule has 0 saturated heterocycles. The molecule has 1 aliphatic rings. The number of anilines is 2. The summed E-state index contributed by atoms with van der Waals surface area (Å²) in [7, 11) is 0. The second-order valence-corrected chi connectivity index (χ2v) is 4.27. The first-order chi connectivity index (χ1) is 8.13. The van der Waals surface area contributed by atoms with Gasteiger partial charge in [0.05, 0.1) is 0 Å². The first-order valence-electron chi connectivity index (χ1n) is 5.90. The predicted octanol–water partition coefficient (Wildman–Crippen LogP) is 1.50. The number of hydrogen-bond donors (Lipinski definition) is 1. The van der Waals surface area contributed by atoms with Crippen molar-refractivity contribution in [2.75, 3.05) is 30.4 Å². The third-order valence-corrected chi connectivity index (χ3v) is 3.09. The second kappa shape index (κ2) is 4.75. The molecule has 2 rings (SSSR count). The molecule has 1 heterocycles. The topological polar surface area (TPSA) is 55.6 Å². The van der Waals surface area contributed by atoms with Crippen LogP contribution in [-0.2, 0) is 16.0 Å². The van der Waals surface area contributed by atoms with Crippen molar-refractivity contribution in [2.45, 2.75) is 20.3 Å². The Labute approximate surface area is 101 Å². The lowest BCUT2D eigenvalue weighted by Crippen LogP contribution is -2.32. The van der Waals surface area contributed by atoms with Gasteiger partial charge in [0.1, 0.15) is 6.61 Å². The number of carbonyl (C=O) groups is 1. The monoisotopic (exact) mass is 234 g/mol. The van der Waals surface area contributed by atoms with Crippen molar-refractivity contribution in [1.82, 2.24) is 0 Å². The van der Waals surface area contributed by atoms with Crippen molar-refractivity contribution < 1.29 is 9.53 Å². The average Bonchev–Trinajstić information content (AvgIpc) is 2.69. The van der Waals surface area contributed by atoms with E-state index in [-0.39, 0.29) is 12.5 Å². The minimum Gasteiger partial charge on any atom is -0.398 e. The van der Waals surface area contributed by atoms with Gasteiger partial charge in [-0.15, -0.1) is 0 Å². The van der Waals surface area contributed by atoms with Crippen LogP contribution in [0.25, 0.3) is 0 Å². The van der Waals surface area contributed by atoms with E-state index in [0.717, 1.165) is 29.9 Å². The molecule has 17 heavy (non-hydrogen) atoms. The molecular weight excluding hydrogens is 216 g/mol. The fraction of sp³-hybridized carbons (Fsp3) is 0.462. The predicted molar refractivity (Wildman–Crippen MR) is 68.1 cm³/mol. The summed E-state index contributed by atoms with van der Waals surface area (Å²) in [4.78, 5) is 13.7. The van der Waals surface area contributed by atoms with Crippen molar-refractivity contribution in [2.24, 2.45) is 0 Å². The fourth-order valence-electron chi connectivity index (χ4n) is 2.10. The molecule has 0 fully saturated rings. The van der Waals surface area contributed by atoms with Crippen LogP contribution in [0.5, 0.6) is 0 Å². The van der Waals surface area contributed by atoms with Crippen molar-refractivity contribution in [3.05, 3.63) is 23.3 Å². The highest BCUT2D eigenvalue weighted by Crippen LogP contribution is 2.31. The van der Waals surface area contributed by atoms with Gasteiger partial charge in [-0.25, -0.2) is 0 Å². The number of ether oxygens (including phenoxy) is 1. The minimum absolute atomic E-state index is 0.00820. The molecule has 0 bridgehead atoms. The molecular formula is C13H18N2O2. The smallest absolute Gasteiger partial charge is 0.252 e. The molecule has 1 amide bonds. The lowest BCUT2D eigenvalue weighted by atomic mass is 10.1. The van der Waals surface area contributed by atoms with Gasteiger partial charge in [-0.1, -0.05) is 6.07 Å². The lowest BCUT2D eigenvalue weighted by molar-refractivity contribution is -0.122. The van der Waals surface area contributed by atoms with Crippen LogP contribution in [0.15, 0.2) is 12.1 Å². The van der Waals surface area contributed by atoms with Gasteiger partial charge in [-0.3, -0.25) is 4.79 Å². The van der Waals surface area contributed by atoms with E-state index >= 15 is 0 Å². The van der Waals surface area contributed by atoms with Gasteiger partial charge in [0, 0.05) is 24.5 Å². The molecule has 4 nitrogen and oxygen atoms in total. The van der Waals surface area contributed by atoms with Crippen molar-refractivity contribution in [1.29, 1.82) is 0 Å². The summed E-state index contributed by atoms with van der Waals surface area (Å²) in [5, 5.41) is 0. The van der Waals surface area contributed by atoms with E-state index in [9.17, 15) is 4.79 Å². The number of carbonyl (C=O) groups excluding carboxylic acids is 1. The maximum Gasteiger partial charge on any atom is 0.252 e. The van der Waals surface area contributed by atoms with Gasteiger partial charge in [-0.05, 0) is 37.5 Å². The van der Waals surface area contributed by atoms with E-state index in [0.29, 0.717) is 6.61 Å². The van der Waals surface area contributed by atoms with Crippen LogP contribution in [-0.4, -0.2) is 25.7 Å². The summed E-state index contributed by atoms with van der Waals surface area (Å²) >= 11 is 0. The Bertz CT molecular complexity index is 443. The molecule has 2 N–H and O–H groups in total. The van der Waals surface area contributed by atoms with E-state index in [1.165, 1.54) is 5.56 Å². The Kier molecular flexibility index (Phi) is 3.33. The molecule has 1 aliphatic heterocycles. The summed E-state index contributed by atoms with van der Waals surface area (Å²) < 4.78 is 5.15. The first-order valence-corrected chi connectivity index (χ1v) is 5.90. The fourth-order valence-corrected chi connectivity index (χ4v) is 2.10.